The molecule has 1 aliphatic rings. The fraction of sp³-hybridized carbons (Fsp3) is 0.278. The minimum atomic E-state index is 0.0915. The van der Waals surface area contributed by atoms with E-state index in [0.717, 1.165) is 36.2 Å². The standard InChI is InChI=1S/C13H9ClN2O.C5H10O2/c14-9-6-10-11(7-12(17)15-10)16-13(9)8-4-2-1-3-5-8;6-4-5-2-1-3-7-5/h1-7,15,17H;5-6H,1-4H2. The summed E-state index contributed by atoms with van der Waals surface area (Å²) in [6, 6.07) is 13.1. The van der Waals surface area contributed by atoms with Gasteiger partial charge in [-0.25, -0.2) is 4.98 Å². The summed E-state index contributed by atoms with van der Waals surface area (Å²) >= 11 is 6.18. The van der Waals surface area contributed by atoms with E-state index in [-0.39, 0.29) is 18.6 Å². The molecule has 1 aliphatic heterocycles. The lowest BCUT2D eigenvalue weighted by molar-refractivity contribution is 0.0591. The van der Waals surface area contributed by atoms with Crippen molar-refractivity contribution >= 4 is 22.6 Å². The van der Waals surface area contributed by atoms with Crippen LogP contribution in [0.4, 0.5) is 0 Å². The Hall–Kier alpha value is -2.08. The molecule has 24 heavy (non-hydrogen) atoms. The van der Waals surface area contributed by atoms with Crippen LogP contribution < -0.4 is 0 Å². The Morgan fingerprint density at radius 3 is 2.67 bits per heavy atom. The molecule has 3 N–H and O–H groups in total. The van der Waals surface area contributed by atoms with Crippen LogP contribution in [0.25, 0.3) is 22.3 Å². The van der Waals surface area contributed by atoms with Crippen molar-refractivity contribution in [2.75, 3.05) is 13.2 Å². The molecule has 0 bridgehead atoms. The molecule has 6 heteroatoms. The Kier molecular flexibility index (Phi) is 5.35. The number of aromatic nitrogens is 2. The van der Waals surface area contributed by atoms with Gasteiger partial charge in [-0.2, -0.15) is 0 Å². The normalized spacial score (nSPS) is 16.8. The monoisotopic (exact) mass is 346 g/mol. The van der Waals surface area contributed by atoms with Crippen LogP contribution in [0.3, 0.4) is 0 Å². The van der Waals surface area contributed by atoms with Crippen LogP contribution in [-0.4, -0.2) is 39.5 Å². The molecule has 0 spiro atoms. The molecular formula is C18H19ClN2O3. The molecular weight excluding hydrogens is 328 g/mol. The maximum absolute atomic E-state index is 9.37. The first-order chi connectivity index (χ1) is 11.7. The number of hydrogen-bond donors (Lipinski definition) is 3. The van der Waals surface area contributed by atoms with Crippen molar-refractivity contribution in [3.63, 3.8) is 0 Å². The molecule has 0 radical (unpaired) electrons. The van der Waals surface area contributed by atoms with Gasteiger partial charge >= 0.3 is 0 Å². The number of pyridine rings is 1. The van der Waals surface area contributed by atoms with E-state index in [2.05, 4.69) is 9.97 Å². The highest BCUT2D eigenvalue weighted by molar-refractivity contribution is 6.33. The Labute approximate surface area is 144 Å². The number of halogens is 1. The smallest absolute Gasteiger partial charge is 0.190 e. The predicted molar refractivity (Wildman–Crippen MR) is 94.3 cm³/mol. The summed E-state index contributed by atoms with van der Waals surface area (Å²) in [5.74, 6) is 0.0915. The van der Waals surface area contributed by atoms with Crippen molar-refractivity contribution in [1.82, 2.24) is 9.97 Å². The molecule has 1 fully saturated rings. The van der Waals surface area contributed by atoms with Crippen LogP contribution in [0, 0.1) is 0 Å². The summed E-state index contributed by atoms with van der Waals surface area (Å²) in [5, 5.41) is 18.4. The number of nitrogens with zero attached hydrogens (tertiary/aromatic N) is 1. The summed E-state index contributed by atoms with van der Waals surface area (Å²) < 4.78 is 5.05. The number of aromatic amines is 1. The van der Waals surface area contributed by atoms with Gasteiger partial charge in [-0.15, -0.1) is 0 Å². The van der Waals surface area contributed by atoms with Gasteiger partial charge in [0.1, 0.15) is 0 Å². The molecule has 0 aliphatic carbocycles. The number of benzene rings is 1. The zero-order valence-corrected chi connectivity index (χ0v) is 13.8. The maximum atomic E-state index is 9.37. The minimum absolute atomic E-state index is 0.0915. The summed E-state index contributed by atoms with van der Waals surface area (Å²) in [5.41, 5.74) is 3.11. The second-order valence-corrected chi connectivity index (χ2v) is 6.00. The fourth-order valence-electron chi connectivity index (χ4n) is 2.60. The summed E-state index contributed by atoms with van der Waals surface area (Å²) in [4.78, 5) is 7.23. The fourth-order valence-corrected chi connectivity index (χ4v) is 2.86. The Morgan fingerprint density at radius 2 is 2.04 bits per heavy atom. The molecule has 0 saturated carbocycles. The molecule has 1 unspecified atom stereocenters. The Balaban J connectivity index is 0.000000203. The van der Waals surface area contributed by atoms with Gasteiger partial charge in [-0.3, -0.25) is 0 Å². The van der Waals surface area contributed by atoms with Gasteiger partial charge in [0.25, 0.3) is 0 Å². The number of aliphatic hydroxyl groups excluding tert-OH is 1. The SMILES string of the molecule is OCC1CCCO1.Oc1cc2nc(-c3ccccc3)c(Cl)cc2[nH]1. The van der Waals surface area contributed by atoms with Crippen LogP contribution in [0.2, 0.25) is 5.02 Å². The quantitative estimate of drug-likeness (QED) is 0.660. The van der Waals surface area contributed by atoms with Gasteiger partial charge < -0.3 is 19.9 Å². The molecule has 1 aromatic carbocycles. The summed E-state index contributed by atoms with van der Waals surface area (Å²) in [6.07, 6.45) is 2.31. The minimum Gasteiger partial charge on any atom is -0.495 e. The van der Waals surface area contributed by atoms with E-state index in [9.17, 15) is 5.11 Å². The summed E-state index contributed by atoms with van der Waals surface area (Å²) in [6.45, 7) is 1.03. The number of fused-ring (bicyclic) bond motifs is 1. The average molecular weight is 347 g/mol. The first-order valence-electron chi connectivity index (χ1n) is 7.83. The van der Waals surface area contributed by atoms with Gasteiger partial charge in [-0.05, 0) is 18.9 Å². The first kappa shape index (κ1) is 16.8. The van der Waals surface area contributed by atoms with E-state index in [1.807, 2.05) is 30.3 Å². The van der Waals surface area contributed by atoms with Crippen molar-refractivity contribution < 1.29 is 14.9 Å². The molecule has 3 heterocycles. The highest BCUT2D eigenvalue weighted by atomic mass is 35.5. The van der Waals surface area contributed by atoms with Gasteiger partial charge in [0, 0.05) is 18.2 Å². The van der Waals surface area contributed by atoms with Crippen LogP contribution in [0.1, 0.15) is 12.8 Å². The second-order valence-electron chi connectivity index (χ2n) is 5.59. The van der Waals surface area contributed by atoms with Crippen molar-refractivity contribution in [3.8, 4) is 17.1 Å². The highest BCUT2D eigenvalue weighted by Crippen LogP contribution is 2.30. The topological polar surface area (TPSA) is 78.4 Å². The van der Waals surface area contributed by atoms with Crippen LogP contribution in [0.5, 0.6) is 5.88 Å². The first-order valence-corrected chi connectivity index (χ1v) is 8.21. The lowest BCUT2D eigenvalue weighted by atomic mass is 10.1. The third-order valence-electron chi connectivity index (χ3n) is 3.82. The zero-order valence-electron chi connectivity index (χ0n) is 13.1. The molecule has 5 nitrogen and oxygen atoms in total. The second kappa shape index (κ2) is 7.66. The Morgan fingerprint density at radius 1 is 1.25 bits per heavy atom. The third kappa shape index (κ3) is 3.87. The molecule has 0 amide bonds. The highest BCUT2D eigenvalue weighted by Gasteiger charge is 2.12. The number of aromatic hydroxyl groups is 1. The van der Waals surface area contributed by atoms with E-state index >= 15 is 0 Å². The number of rotatable bonds is 2. The molecule has 1 saturated heterocycles. The number of H-pyrrole nitrogens is 1. The lowest BCUT2D eigenvalue weighted by Crippen LogP contribution is -2.09. The molecule has 4 rings (SSSR count). The van der Waals surface area contributed by atoms with Crippen molar-refractivity contribution in [2.24, 2.45) is 0 Å². The van der Waals surface area contributed by atoms with E-state index in [1.54, 1.807) is 12.1 Å². The number of hydrogen-bond acceptors (Lipinski definition) is 4. The van der Waals surface area contributed by atoms with Gasteiger partial charge in [0.05, 0.1) is 34.5 Å². The molecule has 3 aromatic rings. The predicted octanol–water partition coefficient (Wildman–Crippen LogP) is 3.75. The zero-order chi connectivity index (χ0) is 16.9. The molecule has 126 valence electrons. The third-order valence-corrected chi connectivity index (χ3v) is 4.10. The van der Waals surface area contributed by atoms with Gasteiger partial charge in [0.15, 0.2) is 5.88 Å². The van der Waals surface area contributed by atoms with Crippen molar-refractivity contribution in [3.05, 3.63) is 47.5 Å². The van der Waals surface area contributed by atoms with Crippen molar-refractivity contribution in [1.29, 1.82) is 0 Å². The average Bonchev–Trinajstić information content (AvgIpc) is 3.23. The lowest BCUT2D eigenvalue weighted by Gasteiger charge is -2.03. The van der Waals surface area contributed by atoms with Gasteiger partial charge in [-0.1, -0.05) is 41.9 Å². The maximum Gasteiger partial charge on any atom is 0.190 e. The van der Waals surface area contributed by atoms with E-state index < -0.39 is 0 Å². The van der Waals surface area contributed by atoms with E-state index in [1.165, 1.54) is 0 Å². The number of aliphatic hydroxyl groups is 1. The van der Waals surface area contributed by atoms with Crippen LogP contribution >= 0.6 is 11.6 Å². The molecule has 2 aromatic heterocycles. The number of nitrogens with one attached hydrogen (secondary N) is 1. The Bertz CT molecular complexity index is 799. The summed E-state index contributed by atoms with van der Waals surface area (Å²) in [7, 11) is 0. The van der Waals surface area contributed by atoms with Gasteiger partial charge in [0.2, 0.25) is 0 Å². The van der Waals surface area contributed by atoms with E-state index in [0.29, 0.717) is 10.5 Å². The number of ether oxygens (including phenoxy) is 1. The van der Waals surface area contributed by atoms with E-state index in [4.69, 9.17) is 21.4 Å². The van der Waals surface area contributed by atoms with Crippen molar-refractivity contribution in [2.45, 2.75) is 18.9 Å². The van der Waals surface area contributed by atoms with Crippen LogP contribution in [-0.2, 0) is 4.74 Å². The largest absolute Gasteiger partial charge is 0.495 e. The molecule has 1 atom stereocenters. The van der Waals surface area contributed by atoms with Crippen LogP contribution in [0.15, 0.2) is 42.5 Å².